The van der Waals surface area contributed by atoms with E-state index >= 15 is 0 Å². The van der Waals surface area contributed by atoms with E-state index in [1.54, 1.807) is 11.3 Å². The first-order chi connectivity index (χ1) is 10.7. The van der Waals surface area contributed by atoms with Crippen LogP contribution in [0.5, 0.6) is 0 Å². The smallest absolute Gasteiger partial charge is 0.223 e. The SMILES string of the molecule is Nc1ncc(CN2CCC(C(=O)NC3CCCCC3)CC2)s1. The molecule has 1 amide bonds. The second kappa shape index (κ2) is 7.42. The van der Waals surface area contributed by atoms with Crippen LogP contribution in [0.25, 0.3) is 0 Å². The number of nitrogens with zero attached hydrogens (tertiary/aromatic N) is 2. The molecule has 122 valence electrons. The van der Waals surface area contributed by atoms with Crippen LogP contribution in [-0.2, 0) is 11.3 Å². The fourth-order valence-corrected chi connectivity index (χ4v) is 4.26. The van der Waals surface area contributed by atoms with Gasteiger partial charge >= 0.3 is 0 Å². The Morgan fingerprint density at radius 3 is 2.64 bits per heavy atom. The lowest BCUT2D eigenvalue weighted by Gasteiger charge is -2.32. The van der Waals surface area contributed by atoms with Gasteiger partial charge < -0.3 is 11.1 Å². The van der Waals surface area contributed by atoms with Crippen molar-refractivity contribution in [3.8, 4) is 0 Å². The summed E-state index contributed by atoms with van der Waals surface area (Å²) in [5.74, 6) is 0.485. The molecule has 0 bridgehead atoms. The molecule has 1 aliphatic heterocycles. The van der Waals surface area contributed by atoms with Crippen LogP contribution >= 0.6 is 11.3 Å². The fraction of sp³-hybridized carbons (Fsp3) is 0.750. The monoisotopic (exact) mass is 322 g/mol. The lowest BCUT2D eigenvalue weighted by atomic mass is 9.92. The summed E-state index contributed by atoms with van der Waals surface area (Å²) in [6, 6.07) is 0.430. The topological polar surface area (TPSA) is 71.2 Å². The summed E-state index contributed by atoms with van der Waals surface area (Å²) in [5.41, 5.74) is 5.67. The van der Waals surface area contributed by atoms with Crippen LogP contribution in [0.3, 0.4) is 0 Å². The number of hydrogen-bond donors (Lipinski definition) is 2. The van der Waals surface area contributed by atoms with E-state index in [-0.39, 0.29) is 11.8 Å². The number of amides is 1. The van der Waals surface area contributed by atoms with Gasteiger partial charge in [-0.25, -0.2) is 4.98 Å². The molecule has 0 aromatic carbocycles. The minimum absolute atomic E-state index is 0.199. The summed E-state index contributed by atoms with van der Waals surface area (Å²) >= 11 is 1.56. The number of thiazole rings is 1. The first kappa shape index (κ1) is 15.7. The van der Waals surface area contributed by atoms with Crippen LogP contribution in [0.15, 0.2) is 6.20 Å². The molecule has 1 aromatic heterocycles. The zero-order valence-corrected chi connectivity index (χ0v) is 13.9. The summed E-state index contributed by atoms with van der Waals surface area (Å²) in [5, 5.41) is 3.91. The molecule has 5 nitrogen and oxygen atoms in total. The molecule has 2 aliphatic rings. The molecule has 6 heteroatoms. The Morgan fingerprint density at radius 1 is 1.27 bits per heavy atom. The molecule has 0 atom stereocenters. The summed E-state index contributed by atoms with van der Waals surface area (Å²) in [6.45, 7) is 2.88. The number of nitrogens with two attached hydrogens (primary N) is 1. The van der Waals surface area contributed by atoms with Gasteiger partial charge in [0.25, 0.3) is 0 Å². The van der Waals surface area contributed by atoms with Crippen LogP contribution in [0.2, 0.25) is 0 Å². The number of nitrogen functional groups attached to an aromatic ring is 1. The van der Waals surface area contributed by atoms with Crippen molar-refractivity contribution in [2.45, 2.75) is 57.5 Å². The molecule has 0 unspecified atom stereocenters. The van der Waals surface area contributed by atoms with Crippen molar-refractivity contribution in [2.75, 3.05) is 18.8 Å². The largest absolute Gasteiger partial charge is 0.375 e. The van der Waals surface area contributed by atoms with Crippen LogP contribution in [0.4, 0.5) is 5.13 Å². The van der Waals surface area contributed by atoms with Gasteiger partial charge in [0, 0.05) is 29.6 Å². The molecular weight excluding hydrogens is 296 g/mol. The Morgan fingerprint density at radius 2 is 2.00 bits per heavy atom. The first-order valence-corrected chi connectivity index (χ1v) is 9.25. The Hall–Kier alpha value is -1.14. The molecule has 1 saturated carbocycles. The number of anilines is 1. The molecule has 3 rings (SSSR count). The molecular formula is C16H26N4OS. The van der Waals surface area contributed by atoms with Crippen molar-refractivity contribution < 1.29 is 4.79 Å². The molecule has 1 aromatic rings. The van der Waals surface area contributed by atoms with E-state index < -0.39 is 0 Å². The third-order valence-electron chi connectivity index (χ3n) is 4.86. The van der Waals surface area contributed by atoms with Gasteiger partial charge in [-0.05, 0) is 38.8 Å². The maximum Gasteiger partial charge on any atom is 0.223 e. The minimum Gasteiger partial charge on any atom is -0.375 e. The van der Waals surface area contributed by atoms with Gasteiger partial charge in [0.1, 0.15) is 0 Å². The zero-order valence-electron chi connectivity index (χ0n) is 13.1. The van der Waals surface area contributed by atoms with Gasteiger partial charge in [-0.3, -0.25) is 9.69 Å². The molecule has 3 N–H and O–H groups in total. The minimum atomic E-state index is 0.199. The second-order valence-corrected chi connectivity index (χ2v) is 7.71. The Kier molecular flexibility index (Phi) is 5.31. The number of carbonyl (C=O) groups is 1. The number of likely N-dealkylation sites (tertiary alicyclic amines) is 1. The fourth-order valence-electron chi connectivity index (χ4n) is 3.54. The quantitative estimate of drug-likeness (QED) is 0.893. The third kappa shape index (κ3) is 4.20. The number of rotatable bonds is 4. The van der Waals surface area contributed by atoms with Gasteiger partial charge in [0.05, 0.1) is 0 Å². The standard InChI is InChI=1S/C16H26N4OS/c17-16-18-10-14(22-16)11-20-8-6-12(7-9-20)15(21)19-13-4-2-1-3-5-13/h10,12-13H,1-9,11H2,(H2,17,18)(H,19,21). The van der Waals surface area contributed by atoms with E-state index in [2.05, 4.69) is 15.2 Å². The Balaban J connectivity index is 1.41. The number of hydrogen-bond acceptors (Lipinski definition) is 5. The van der Waals surface area contributed by atoms with Crippen molar-refractivity contribution in [3.05, 3.63) is 11.1 Å². The van der Waals surface area contributed by atoms with Crippen LogP contribution < -0.4 is 11.1 Å². The highest BCUT2D eigenvalue weighted by atomic mass is 32.1. The van der Waals surface area contributed by atoms with E-state index in [1.165, 1.54) is 24.1 Å². The molecule has 1 aliphatic carbocycles. The maximum atomic E-state index is 12.4. The summed E-state index contributed by atoms with van der Waals surface area (Å²) in [6.07, 6.45) is 9.98. The number of aromatic nitrogens is 1. The van der Waals surface area contributed by atoms with Crippen LogP contribution in [-0.4, -0.2) is 34.9 Å². The molecule has 22 heavy (non-hydrogen) atoms. The Labute approximate surface area is 136 Å². The average molecular weight is 322 g/mol. The van der Waals surface area contributed by atoms with E-state index in [1.807, 2.05) is 6.20 Å². The van der Waals surface area contributed by atoms with E-state index in [4.69, 9.17) is 5.73 Å². The van der Waals surface area contributed by atoms with Gasteiger partial charge in [0.2, 0.25) is 5.91 Å². The molecule has 2 fully saturated rings. The van der Waals surface area contributed by atoms with Crippen molar-refractivity contribution in [2.24, 2.45) is 5.92 Å². The summed E-state index contributed by atoms with van der Waals surface area (Å²) in [4.78, 5) is 20.1. The summed E-state index contributed by atoms with van der Waals surface area (Å²) in [7, 11) is 0. The molecule has 0 radical (unpaired) electrons. The van der Waals surface area contributed by atoms with E-state index in [0.29, 0.717) is 11.2 Å². The van der Waals surface area contributed by atoms with E-state index in [9.17, 15) is 4.79 Å². The third-order valence-corrected chi connectivity index (χ3v) is 5.67. The average Bonchev–Trinajstić information content (AvgIpc) is 2.94. The highest BCUT2D eigenvalue weighted by molar-refractivity contribution is 7.15. The van der Waals surface area contributed by atoms with Crippen molar-refractivity contribution in [1.82, 2.24) is 15.2 Å². The molecule has 0 spiro atoms. The molecule has 2 heterocycles. The normalized spacial score (nSPS) is 21.8. The number of piperidine rings is 1. The molecule has 1 saturated heterocycles. The van der Waals surface area contributed by atoms with Gasteiger partial charge in [-0.15, -0.1) is 11.3 Å². The Bertz CT molecular complexity index is 490. The van der Waals surface area contributed by atoms with Gasteiger partial charge in [0.15, 0.2) is 5.13 Å². The highest BCUT2D eigenvalue weighted by Gasteiger charge is 2.27. The van der Waals surface area contributed by atoms with Crippen molar-refractivity contribution >= 4 is 22.4 Å². The predicted octanol–water partition coefficient (Wildman–Crippen LogP) is 2.39. The maximum absolute atomic E-state index is 12.4. The number of carbonyl (C=O) groups excluding carboxylic acids is 1. The van der Waals surface area contributed by atoms with Crippen LogP contribution in [0.1, 0.15) is 49.8 Å². The van der Waals surface area contributed by atoms with Crippen molar-refractivity contribution in [1.29, 1.82) is 0 Å². The van der Waals surface area contributed by atoms with E-state index in [0.717, 1.165) is 45.3 Å². The van der Waals surface area contributed by atoms with Crippen LogP contribution in [0, 0.1) is 5.92 Å². The van der Waals surface area contributed by atoms with Crippen molar-refractivity contribution in [3.63, 3.8) is 0 Å². The van der Waals surface area contributed by atoms with Gasteiger partial charge in [-0.1, -0.05) is 19.3 Å². The highest BCUT2D eigenvalue weighted by Crippen LogP contribution is 2.23. The van der Waals surface area contributed by atoms with Gasteiger partial charge in [-0.2, -0.15) is 0 Å². The lowest BCUT2D eigenvalue weighted by Crippen LogP contribution is -2.44. The predicted molar refractivity (Wildman–Crippen MR) is 89.5 cm³/mol. The zero-order chi connectivity index (χ0) is 15.4. The second-order valence-electron chi connectivity index (χ2n) is 6.56. The first-order valence-electron chi connectivity index (χ1n) is 8.43. The lowest BCUT2D eigenvalue weighted by molar-refractivity contribution is -0.127. The summed E-state index contributed by atoms with van der Waals surface area (Å²) < 4.78 is 0. The number of nitrogens with one attached hydrogen (secondary N) is 1.